The Morgan fingerprint density at radius 2 is 2.33 bits per heavy atom. The second-order valence-electron chi connectivity index (χ2n) is 3.90. The quantitative estimate of drug-likeness (QED) is 0.671. The summed E-state index contributed by atoms with van der Waals surface area (Å²) in [5, 5.41) is 0.351. The number of Topliss-reactive ketones (excluding diaryl/α,β-unsaturated/α-hetero) is 1. The molecule has 0 aliphatic heterocycles. The number of rotatable bonds is 4. The lowest BCUT2D eigenvalue weighted by atomic mass is 10.2. The van der Waals surface area contributed by atoms with Crippen molar-refractivity contribution in [3.8, 4) is 0 Å². The molecule has 0 N–H and O–H groups in total. The van der Waals surface area contributed by atoms with E-state index in [1.807, 2.05) is 11.8 Å². The number of carbonyl (C=O) groups is 1. The van der Waals surface area contributed by atoms with E-state index in [0.29, 0.717) is 11.0 Å². The van der Waals surface area contributed by atoms with Crippen molar-refractivity contribution in [1.82, 2.24) is 0 Å². The molecule has 1 fully saturated rings. The van der Waals surface area contributed by atoms with Crippen molar-refractivity contribution in [2.24, 2.45) is 5.92 Å². The lowest BCUT2D eigenvalue weighted by Gasteiger charge is -2.08. The molecule has 0 heterocycles. The van der Waals surface area contributed by atoms with Gasteiger partial charge in [0.1, 0.15) is 5.78 Å². The van der Waals surface area contributed by atoms with Gasteiger partial charge in [0, 0.05) is 6.42 Å². The fourth-order valence-electron chi connectivity index (χ4n) is 1.41. The van der Waals surface area contributed by atoms with Crippen molar-refractivity contribution >= 4 is 17.5 Å². The van der Waals surface area contributed by atoms with E-state index in [4.69, 9.17) is 0 Å². The molecule has 0 aromatic rings. The van der Waals surface area contributed by atoms with E-state index in [1.54, 1.807) is 0 Å². The normalized spacial score (nSPS) is 23.9. The lowest BCUT2D eigenvalue weighted by Crippen LogP contribution is -2.09. The van der Waals surface area contributed by atoms with Gasteiger partial charge in [-0.2, -0.15) is 11.8 Å². The van der Waals surface area contributed by atoms with E-state index in [9.17, 15) is 4.79 Å². The first-order valence-corrected chi connectivity index (χ1v) is 5.89. The third kappa shape index (κ3) is 3.18. The first-order valence-electron chi connectivity index (χ1n) is 4.84. The van der Waals surface area contributed by atoms with Crippen LogP contribution in [0.4, 0.5) is 0 Å². The fourth-order valence-corrected chi connectivity index (χ4v) is 2.94. The van der Waals surface area contributed by atoms with Gasteiger partial charge in [0.15, 0.2) is 0 Å². The summed E-state index contributed by atoms with van der Waals surface area (Å²) in [7, 11) is 0. The standard InChI is InChI=1S/C10H18OS/c1-8(2)6-7-12-10-5-3-4-9(10)11/h8,10H,3-7H2,1-2H3. The predicted molar refractivity (Wildman–Crippen MR) is 54.6 cm³/mol. The summed E-state index contributed by atoms with van der Waals surface area (Å²) < 4.78 is 0. The largest absolute Gasteiger partial charge is 0.298 e. The molecule has 12 heavy (non-hydrogen) atoms. The van der Waals surface area contributed by atoms with Gasteiger partial charge < -0.3 is 0 Å². The molecule has 0 spiro atoms. The summed E-state index contributed by atoms with van der Waals surface area (Å²) in [6, 6.07) is 0. The minimum absolute atomic E-state index is 0.351. The highest BCUT2D eigenvalue weighted by molar-refractivity contribution is 8.00. The maximum absolute atomic E-state index is 11.2. The highest BCUT2D eigenvalue weighted by Gasteiger charge is 2.24. The summed E-state index contributed by atoms with van der Waals surface area (Å²) in [5.74, 6) is 2.42. The van der Waals surface area contributed by atoms with Crippen molar-refractivity contribution in [3.05, 3.63) is 0 Å². The zero-order chi connectivity index (χ0) is 8.97. The Hall–Kier alpha value is 0.0200. The summed E-state index contributed by atoms with van der Waals surface area (Å²) >= 11 is 1.87. The third-order valence-electron chi connectivity index (χ3n) is 2.26. The second kappa shape index (κ2) is 4.90. The summed E-state index contributed by atoms with van der Waals surface area (Å²) in [5.41, 5.74) is 0. The third-order valence-corrected chi connectivity index (χ3v) is 3.64. The maximum atomic E-state index is 11.2. The number of hydrogen-bond donors (Lipinski definition) is 0. The SMILES string of the molecule is CC(C)CCSC1CCCC1=O. The molecule has 0 saturated heterocycles. The highest BCUT2D eigenvalue weighted by Crippen LogP contribution is 2.27. The van der Waals surface area contributed by atoms with Gasteiger partial charge in [-0.3, -0.25) is 4.79 Å². The van der Waals surface area contributed by atoms with Crippen molar-refractivity contribution in [2.75, 3.05) is 5.75 Å². The summed E-state index contributed by atoms with van der Waals surface area (Å²) in [4.78, 5) is 11.2. The Kier molecular flexibility index (Phi) is 4.13. The molecule has 0 aromatic carbocycles. The number of hydrogen-bond acceptors (Lipinski definition) is 2. The minimum Gasteiger partial charge on any atom is -0.298 e. The van der Waals surface area contributed by atoms with E-state index in [-0.39, 0.29) is 0 Å². The molecule has 0 bridgehead atoms. The van der Waals surface area contributed by atoms with Crippen LogP contribution in [-0.4, -0.2) is 16.8 Å². The van der Waals surface area contributed by atoms with Crippen LogP contribution in [-0.2, 0) is 4.79 Å². The van der Waals surface area contributed by atoms with Crippen molar-refractivity contribution < 1.29 is 4.79 Å². The molecule has 1 atom stereocenters. The topological polar surface area (TPSA) is 17.1 Å². The van der Waals surface area contributed by atoms with Gasteiger partial charge in [-0.15, -0.1) is 0 Å². The van der Waals surface area contributed by atoms with Crippen LogP contribution in [0, 0.1) is 5.92 Å². The number of carbonyl (C=O) groups excluding carboxylic acids is 1. The first-order chi connectivity index (χ1) is 5.70. The first kappa shape index (κ1) is 10.1. The van der Waals surface area contributed by atoms with E-state index < -0.39 is 0 Å². The smallest absolute Gasteiger partial charge is 0.145 e. The lowest BCUT2D eigenvalue weighted by molar-refractivity contribution is -0.116. The van der Waals surface area contributed by atoms with E-state index in [1.165, 1.54) is 6.42 Å². The molecule has 70 valence electrons. The Bertz CT molecular complexity index is 154. The Morgan fingerprint density at radius 1 is 1.58 bits per heavy atom. The molecule has 1 aliphatic carbocycles. The molecule has 1 rings (SSSR count). The summed E-state index contributed by atoms with van der Waals surface area (Å²) in [6.07, 6.45) is 4.33. The Labute approximate surface area is 79.3 Å². The van der Waals surface area contributed by atoms with Crippen LogP contribution in [0.3, 0.4) is 0 Å². The van der Waals surface area contributed by atoms with Crippen molar-refractivity contribution in [1.29, 1.82) is 0 Å². The van der Waals surface area contributed by atoms with Gasteiger partial charge >= 0.3 is 0 Å². The molecule has 1 unspecified atom stereocenters. The molecular formula is C10H18OS. The number of ketones is 1. The predicted octanol–water partition coefficient (Wildman–Crippen LogP) is 2.89. The Morgan fingerprint density at radius 3 is 2.83 bits per heavy atom. The minimum atomic E-state index is 0.351. The van der Waals surface area contributed by atoms with Gasteiger partial charge in [-0.25, -0.2) is 0 Å². The van der Waals surface area contributed by atoms with E-state index >= 15 is 0 Å². The van der Waals surface area contributed by atoms with Crippen LogP contribution in [0.5, 0.6) is 0 Å². The van der Waals surface area contributed by atoms with Crippen molar-refractivity contribution in [3.63, 3.8) is 0 Å². The molecule has 1 nitrogen and oxygen atoms in total. The zero-order valence-electron chi connectivity index (χ0n) is 8.01. The molecular weight excluding hydrogens is 168 g/mol. The van der Waals surface area contributed by atoms with Crippen molar-refractivity contribution in [2.45, 2.75) is 44.8 Å². The fraction of sp³-hybridized carbons (Fsp3) is 0.900. The molecule has 1 aliphatic rings. The summed E-state index contributed by atoms with van der Waals surface area (Å²) in [6.45, 7) is 4.47. The molecule has 0 radical (unpaired) electrons. The average Bonchev–Trinajstić information content (AvgIpc) is 2.36. The van der Waals surface area contributed by atoms with Gasteiger partial charge in [-0.1, -0.05) is 13.8 Å². The van der Waals surface area contributed by atoms with Gasteiger partial charge in [0.25, 0.3) is 0 Å². The zero-order valence-corrected chi connectivity index (χ0v) is 8.82. The monoisotopic (exact) mass is 186 g/mol. The van der Waals surface area contributed by atoms with Crippen LogP contribution >= 0.6 is 11.8 Å². The van der Waals surface area contributed by atoms with E-state index in [0.717, 1.165) is 30.9 Å². The molecule has 2 heteroatoms. The van der Waals surface area contributed by atoms with Gasteiger partial charge in [0.2, 0.25) is 0 Å². The average molecular weight is 186 g/mol. The van der Waals surface area contributed by atoms with Crippen LogP contribution in [0.2, 0.25) is 0 Å². The number of thioether (sulfide) groups is 1. The van der Waals surface area contributed by atoms with Crippen LogP contribution in [0.1, 0.15) is 39.5 Å². The second-order valence-corrected chi connectivity index (χ2v) is 5.21. The molecule has 1 saturated carbocycles. The van der Waals surface area contributed by atoms with E-state index in [2.05, 4.69) is 13.8 Å². The van der Waals surface area contributed by atoms with Gasteiger partial charge in [0.05, 0.1) is 5.25 Å². The van der Waals surface area contributed by atoms with Crippen LogP contribution in [0.15, 0.2) is 0 Å². The Balaban J connectivity index is 2.10. The highest BCUT2D eigenvalue weighted by atomic mass is 32.2. The maximum Gasteiger partial charge on any atom is 0.145 e. The van der Waals surface area contributed by atoms with Crippen LogP contribution < -0.4 is 0 Å². The molecule has 0 amide bonds. The van der Waals surface area contributed by atoms with Crippen LogP contribution in [0.25, 0.3) is 0 Å². The molecule has 0 aromatic heterocycles. The van der Waals surface area contributed by atoms with Gasteiger partial charge in [-0.05, 0) is 30.9 Å².